The molecule has 0 heterocycles. The lowest BCUT2D eigenvalue weighted by Gasteiger charge is -2.57. The maximum Gasteiger partial charge on any atom is 0.0272 e. The minimum absolute atomic E-state index is 0.129. The largest absolute Gasteiger partial charge is 0.0546 e. The molecule has 4 aromatic rings. The quantitative estimate of drug-likeness (QED) is 0.210. The first-order chi connectivity index (χ1) is 19.1. The molecule has 1 spiro atoms. The highest BCUT2D eigenvalue weighted by molar-refractivity contribution is 5.84. The first-order valence-electron chi connectivity index (χ1n) is 15.6. The molecule has 0 nitrogen and oxygen atoms in total. The van der Waals surface area contributed by atoms with E-state index in [0.717, 1.165) is 0 Å². The number of aryl methyl sites for hydroxylation is 8. The number of hydrogen-bond donors (Lipinski definition) is 0. The number of rotatable bonds is 0. The van der Waals surface area contributed by atoms with E-state index >= 15 is 0 Å². The summed E-state index contributed by atoms with van der Waals surface area (Å²) in [5.74, 6) is 0. The summed E-state index contributed by atoms with van der Waals surface area (Å²) in [6.07, 6.45) is 0. The van der Waals surface area contributed by atoms with Gasteiger partial charge in [-0.25, -0.2) is 0 Å². The Morgan fingerprint density at radius 2 is 0.390 bits per heavy atom. The van der Waals surface area contributed by atoms with Gasteiger partial charge in [0.25, 0.3) is 0 Å². The Hall–Kier alpha value is -3.12. The maximum absolute atomic E-state index is 2.65. The van der Waals surface area contributed by atoms with Gasteiger partial charge in [-0.1, -0.05) is 76.2 Å². The second-order valence-electron chi connectivity index (χ2n) is 15.2. The van der Waals surface area contributed by atoms with E-state index in [0.29, 0.717) is 0 Å². The molecule has 4 aliphatic carbocycles. The van der Waals surface area contributed by atoms with Crippen molar-refractivity contribution in [3.05, 3.63) is 138 Å². The van der Waals surface area contributed by atoms with E-state index in [-0.39, 0.29) is 27.1 Å². The molecule has 208 valence electrons. The van der Waals surface area contributed by atoms with E-state index in [1.165, 1.54) is 44.5 Å². The third-order valence-corrected chi connectivity index (χ3v) is 13.8. The zero-order valence-corrected chi connectivity index (χ0v) is 27.1. The zero-order chi connectivity index (χ0) is 29.4. The fourth-order valence-corrected chi connectivity index (χ4v) is 11.8. The summed E-state index contributed by atoms with van der Waals surface area (Å²) >= 11 is 0. The van der Waals surface area contributed by atoms with Crippen LogP contribution in [0.2, 0.25) is 0 Å². The van der Waals surface area contributed by atoms with Crippen LogP contribution in [0.4, 0.5) is 0 Å². The van der Waals surface area contributed by atoms with Gasteiger partial charge in [0.1, 0.15) is 0 Å². The summed E-state index contributed by atoms with van der Waals surface area (Å²) in [6, 6.07) is 20.7. The van der Waals surface area contributed by atoms with Crippen LogP contribution >= 0.6 is 0 Å². The van der Waals surface area contributed by atoms with Crippen molar-refractivity contribution in [1.29, 1.82) is 0 Å². The van der Waals surface area contributed by atoms with Crippen molar-refractivity contribution in [1.82, 2.24) is 0 Å². The summed E-state index contributed by atoms with van der Waals surface area (Å²) in [5.41, 5.74) is 23.0. The molecular formula is C41H44. The zero-order valence-electron chi connectivity index (χ0n) is 27.1. The fourth-order valence-electron chi connectivity index (χ4n) is 11.8. The van der Waals surface area contributed by atoms with Crippen molar-refractivity contribution in [2.75, 3.05) is 0 Å². The third kappa shape index (κ3) is 2.14. The summed E-state index contributed by atoms with van der Waals surface area (Å²) in [4.78, 5) is 0. The average molecular weight is 537 g/mol. The Balaban J connectivity index is 1.72. The van der Waals surface area contributed by atoms with Crippen LogP contribution in [0.15, 0.2) is 48.5 Å². The van der Waals surface area contributed by atoms with Crippen molar-refractivity contribution < 1.29 is 0 Å². The van der Waals surface area contributed by atoms with Crippen LogP contribution in [0.5, 0.6) is 0 Å². The number of benzene rings is 4. The molecule has 0 aliphatic heterocycles. The second-order valence-corrected chi connectivity index (χ2v) is 15.2. The van der Waals surface area contributed by atoms with Crippen LogP contribution in [0.3, 0.4) is 0 Å². The van der Waals surface area contributed by atoms with Gasteiger partial charge >= 0.3 is 0 Å². The van der Waals surface area contributed by atoms with Gasteiger partial charge in [0.05, 0.1) is 0 Å². The minimum atomic E-state index is -0.158. The standard InChI is InChI=1S/C41H44/c1-21-13-29-30(14-22(21)2)38(10)33-17-25(5)26(6)18-34(33)40(12)36-20-28(8)27(7)19-35(36)39(11)32-16-24(4)23(3)15-31(32)37(29,9)41(38,39)40/h13-20H,1-12H3. The first-order valence-corrected chi connectivity index (χ1v) is 15.6. The monoisotopic (exact) mass is 536 g/mol. The third-order valence-electron chi connectivity index (χ3n) is 13.8. The number of fused-ring (bicyclic) bond motifs is 12. The van der Waals surface area contributed by atoms with Crippen LogP contribution in [-0.2, 0) is 21.7 Å². The van der Waals surface area contributed by atoms with E-state index in [1.54, 1.807) is 44.5 Å². The molecule has 0 N–H and O–H groups in total. The normalized spacial score (nSPS) is 32.9. The predicted molar refractivity (Wildman–Crippen MR) is 172 cm³/mol. The fraction of sp³-hybridized carbons (Fsp3) is 0.415. The minimum Gasteiger partial charge on any atom is -0.0546 e. The molecule has 0 aromatic heterocycles. The highest BCUT2D eigenvalue weighted by Crippen LogP contribution is 2.90. The van der Waals surface area contributed by atoms with Gasteiger partial charge in [-0.05, 0) is 144 Å². The van der Waals surface area contributed by atoms with Gasteiger partial charge in [0.2, 0.25) is 0 Å². The van der Waals surface area contributed by atoms with Gasteiger partial charge in [-0.3, -0.25) is 0 Å². The Labute approximate surface area is 247 Å². The lowest BCUT2D eigenvalue weighted by Crippen LogP contribution is -2.60. The molecule has 0 saturated carbocycles. The van der Waals surface area contributed by atoms with Crippen molar-refractivity contribution >= 4 is 0 Å². The molecular weight excluding hydrogens is 492 g/mol. The van der Waals surface area contributed by atoms with Crippen LogP contribution < -0.4 is 0 Å². The molecule has 0 unspecified atom stereocenters. The van der Waals surface area contributed by atoms with Crippen LogP contribution in [-0.4, -0.2) is 0 Å². The van der Waals surface area contributed by atoms with Gasteiger partial charge < -0.3 is 0 Å². The topological polar surface area (TPSA) is 0 Å². The van der Waals surface area contributed by atoms with Crippen LogP contribution in [0, 0.1) is 60.8 Å². The smallest absolute Gasteiger partial charge is 0.0272 e. The molecule has 0 saturated heterocycles. The summed E-state index contributed by atoms with van der Waals surface area (Å²) in [5, 5.41) is 0. The molecule has 0 heteroatoms. The van der Waals surface area contributed by atoms with Crippen molar-refractivity contribution in [3.63, 3.8) is 0 Å². The maximum atomic E-state index is 2.65. The van der Waals surface area contributed by atoms with Gasteiger partial charge in [0.15, 0.2) is 0 Å². The Bertz CT molecular complexity index is 1530. The Morgan fingerprint density at radius 1 is 0.268 bits per heavy atom. The van der Waals surface area contributed by atoms with Crippen molar-refractivity contribution in [2.24, 2.45) is 5.41 Å². The molecule has 4 aliphatic rings. The summed E-state index contributed by atoms with van der Waals surface area (Å²) in [6.45, 7) is 29.2. The highest BCUT2D eigenvalue weighted by atomic mass is 14.9. The van der Waals surface area contributed by atoms with Gasteiger partial charge in [-0.15, -0.1) is 0 Å². The molecule has 0 bridgehead atoms. The SMILES string of the molecule is Cc1cc2c(cc1C)C1(C)c3cc(C)c(C)cc3C3(C)c4cc(C)c(C)cc4C4(C)c5cc(C)c(C)cc5C2(C)C143. The Morgan fingerprint density at radius 3 is 0.512 bits per heavy atom. The van der Waals surface area contributed by atoms with Crippen molar-refractivity contribution in [2.45, 2.75) is 105 Å². The molecule has 41 heavy (non-hydrogen) atoms. The van der Waals surface area contributed by atoms with E-state index in [4.69, 9.17) is 0 Å². The van der Waals surface area contributed by atoms with Crippen molar-refractivity contribution in [3.8, 4) is 0 Å². The van der Waals surface area contributed by atoms with Gasteiger partial charge in [0, 0.05) is 27.1 Å². The lowest BCUT2D eigenvalue weighted by atomic mass is 9.43. The van der Waals surface area contributed by atoms with E-state index in [1.807, 2.05) is 0 Å². The molecule has 8 rings (SSSR count). The van der Waals surface area contributed by atoms with E-state index < -0.39 is 0 Å². The van der Waals surface area contributed by atoms with Crippen LogP contribution in [0.25, 0.3) is 0 Å². The van der Waals surface area contributed by atoms with E-state index in [2.05, 4.69) is 132 Å². The molecule has 4 aromatic carbocycles. The summed E-state index contributed by atoms with van der Waals surface area (Å²) < 4.78 is 0. The molecule has 0 atom stereocenters. The average Bonchev–Trinajstić information content (AvgIpc) is 3.36. The van der Waals surface area contributed by atoms with E-state index in [9.17, 15) is 0 Å². The lowest BCUT2D eigenvalue weighted by molar-refractivity contribution is 0.0252. The number of hydrogen-bond acceptors (Lipinski definition) is 0. The summed E-state index contributed by atoms with van der Waals surface area (Å²) in [7, 11) is 0. The first kappa shape index (κ1) is 25.6. The molecule has 0 radical (unpaired) electrons. The predicted octanol–water partition coefficient (Wildman–Crippen LogP) is 9.72. The molecule has 0 fully saturated rings. The Kier molecular flexibility index (Phi) is 4.31. The second kappa shape index (κ2) is 6.91. The molecule has 0 amide bonds. The van der Waals surface area contributed by atoms with Crippen LogP contribution in [0.1, 0.15) is 117 Å². The van der Waals surface area contributed by atoms with Gasteiger partial charge in [-0.2, -0.15) is 0 Å². The highest BCUT2D eigenvalue weighted by Gasteiger charge is 2.89.